The molecule has 2 N–H and O–H groups in total. The number of pyridine rings is 1. The maximum atomic E-state index is 5.64. The fraction of sp³-hybridized carbons (Fsp3) is 0. The molecule has 0 radical (unpaired) electrons. The lowest BCUT2D eigenvalue weighted by Crippen LogP contribution is -1.86. The van der Waals surface area contributed by atoms with Crippen LogP contribution in [0.15, 0.2) is 33.7 Å². The maximum absolute atomic E-state index is 5.64. The van der Waals surface area contributed by atoms with Gasteiger partial charge in [0.05, 0.1) is 11.8 Å². The average Bonchev–Trinajstić information content (AvgIpc) is 2.52. The lowest BCUT2D eigenvalue weighted by atomic mass is 10.2. The van der Waals surface area contributed by atoms with Crippen molar-refractivity contribution in [3.8, 4) is 11.3 Å². The number of nitrogens with zero attached hydrogens (tertiary/aromatic N) is 2. The van der Waals surface area contributed by atoms with Gasteiger partial charge in [0.2, 0.25) is 0 Å². The number of anilines is 1. The van der Waals surface area contributed by atoms with Crippen LogP contribution in [0.3, 0.4) is 0 Å². The van der Waals surface area contributed by atoms with Crippen molar-refractivity contribution in [3.63, 3.8) is 0 Å². The largest absolute Gasteiger partial charge is 0.394 e. The van der Waals surface area contributed by atoms with Crippen molar-refractivity contribution >= 4 is 21.6 Å². The number of hydrogen-bond acceptors (Lipinski definition) is 4. The standard InChI is InChI=1S/C8H6BrN3O/c9-8-5(2-1-3-11-8)7-6(10)4-12-13-7/h1-4H,10H2. The van der Waals surface area contributed by atoms with E-state index in [9.17, 15) is 0 Å². The van der Waals surface area contributed by atoms with Crippen molar-refractivity contribution in [2.24, 2.45) is 0 Å². The first kappa shape index (κ1) is 8.25. The van der Waals surface area contributed by atoms with Gasteiger partial charge in [0.25, 0.3) is 0 Å². The first-order valence-electron chi connectivity index (χ1n) is 3.60. The predicted octanol–water partition coefficient (Wildman–Crippen LogP) is 2.08. The van der Waals surface area contributed by atoms with E-state index in [1.165, 1.54) is 6.20 Å². The van der Waals surface area contributed by atoms with E-state index < -0.39 is 0 Å². The summed E-state index contributed by atoms with van der Waals surface area (Å²) in [4.78, 5) is 4.05. The topological polar surface area (TPSA) is 64.9 Å². The minimum absolute atomic E-state index is 0.508. The zero-order chi connectivity index (χ0) is 9.26. The molecule has 2 rings (SSSR count). The fourth-order valence-corrected chi connectivity index (χ4v) is 1.44. The number of aromatic nitrogens is 2. The molecule has 2 heterocycles. The number of hydrogen-bond donors (Lipinski definition) is 1. The van der Waals surface area contributed by atoms with Gasteiger partial charge in [-0.3, -0.25) is 0 Å². The van der Waals surface area contributed by atoms with Crippen molar-refractivity contribution in [2.45, 2.75) is 0 Å². The van der Waals surface area contributed by atoms with Gasteiger partial charge in [-0.15, -0.1) is 0 Å². The van der Waals surface area contributed by atoms with E-state index >= 15 is 0 Å². The molecule has 66 valence electrons. The van der Waals surface area contributed by atoms with Crippen molar-refractivity contribution in [3.05, 3.63) is 29.1 Å². The van der Waals surface area contributed by atoms with Gasteiger partial charge >= 0.3 is 0 Å². The molecule has 2 aromatic heterocycles. The van der Waals surface area contributed by atoms with Gasteiger partial charge in [-0.1, -0.05) is 5.16 Å². The highest BCUT2D eigenvalue weighted by atomic mass is 79.9. The van der Waals surface area contributed by atoms with Crippen molar-refractivity contribution < 1.29 is 4.52 Å². The second kappa shape index (κ2) is 3.18. The quantitative estimate of drug-likeness (QED) is 0.775. The van der Waals surface area contributed by atoms with Crippen LogP contribution in [-0.4, -0.2) is 10.1 Å². The summed E-state index contributed by atoms with van der Waals surface area (Å²) in [6.07, 6.45) is 3.15. The van der Waals surface area contributed by atoms with Crippen molar-refractivity contribution in [1.29, 1.82) is 0 Å². The van der Waals surface area contributed by atoms with E-state index in [0.29, 0.717) is 16.1 Å². The molecular formula is C8H6BrN3O. The van der Waals surface area contributed by atoms with Crippen LogP contribution < -0.4 is 5.73 Å². The molecule has 0 saturated carbocycles. The highest BCUT2D eigenvalue weighted by molar-refractivity contribution is 9.10. The second-order valence-electron chi connectivity index (χ2n) is 2.45. The summed E-state index contributed by atoms with van der Waals surface area (Å²) in [5.74, 6) is 0.542. The van der Waals surface area contributed by atoms with E-state index in [1.807, 2.05) is 12.1 Å². The van der Waals surface area contributed by atoms with Gasteiger partial charge in [-0.05, 0) is 28.1 Å². The Bertz CT molecular complexity index is 427. The molecule has 0 aliphatic carbocycles. The maximum Gasteiger partial charge on any atom is 0.192 e. The highest BCUT2D eigenvalue weighted by Crippen LogP contribution is 2.29. The molecule has 0 saturated heterocycles. The van der Waals surface area contributed by atoms with Gasteiger partial charge in [0, 0.05) is 6.20 Å². The lowest BCUT2D eigenvalue weighted by Gasteiger charge is -1.98. The summed E-state index contributed by atoms with van der Waals surface area (Å²) in [5, 5.41) is 3.59. The smallest absolute Gasteiger partial charge is 0.192 e. The molecule has 0 unspecified atom stereocenters. The van der Waals surface area contributed by atoms with Gasteiger partial charge < -0.3 is 10.3 Å². The monoisotopic (exact) mass is 239 g/mol. The Labute approximate surface area is 82.9 Å². The zero-order valence-corrected chi connectivity index (χ0v) is 8.15. The zero-order valence-electron chi connectivity index (χ0n) is 6.57. The van der Waals surface area contributed by atoms with Crippen molar-refractivity contribution in [1.82, 2.24) is 10.1 Å². The van der Waals surface area contributed by atoms with E-state index in [1.54, 1.807) is 6.20 Å². The summed E-state index contributed by atoms with van der Waals surface area (Å²) in [5.41, 5.74) is 6.95. The average molecular weight is 240 g/mol. The molecule has 0 aliphatic rings. The van der Waals surface area contributed by atoms with Crippen LogP contribution in [-0.2, 0) is 0 Å². The summed E-state index contributed by atoms with van der Waals surface area (Å²) in [7, 11) is 0. The summed E-state index contributed by atoms with van der Waals surface area (Å²) >= 11 is 3.30. The van der Waals surface area contributed by atoms with Crippen molar-refractivity contribution in [2.75, 3.05) is 5.73 Å². The lowest BCUT2D eigenvalue weighted by molar-refractivity contribution is 0.432. The molecule has 13 heavy (non-hydrogen) atoms. The Kier molecular flexibility index (Phi) is 2.02. The number of nitrogens with two attached hydrogens (primary N) is 1. The molecule has 2 aromatic rings. The van der Waals surface area contributed by atoms with Gasteiger partial charge in [0.1, 0.15) is 10.3 Å². The first-order valence-corrected chi connectivity index (χ1v) is 4.39. The Morgan fingerprint density at radius 1 is 1.46 bits per heavy atom. The Morgan fingerprint density at radius 3 is 2.92 bits per heavy atom. The summed E-state index contributed by atoms with van der Waals surface area (Å²) in [6, 6.07) is 3.66. The molecule has 0 amide bonds. The third kappa shape index (κ3) is 1.42. The highest BCUT2D eigenvalue weighted by Gasteiger charge is 2.10. The molecule has 0 aromatic carbocycles. The molecule has 0 aliphatic heterocycles. The fourth-order valence-electron chi connectivity index (χ4n) is 1.01. The molecule has 5 heteroatoms. The number of nitrogen functional groups attached to an aromatic ring is 1. The minimum Gasteiger partial charge on any atom is -0.394 e. The van der Waals surface area contributed by atoms with E-state index in [-0.39, 0.29) is 0 Å². The van der Waals surface area contributed by atoms with E-state index in [2.05, 4.69) is 26.1 Å². The third-order valence-electron chi connectivity index (χ3n) is 1.60. The summed E-state index contributed by atoms with van der Waals surface area (Å²) in [6.45, 7) is 0. The van der Waals surface area contributed by atoms with E-state index in [0.717, 1.165) is 5.56 Å². The molecule has 0 atom stereocenters. The van der Waals surface area contributed by atoms with Crippen LogP contribution in [0, 0.1) is 0 Å². The predicted molar refractivity (Wildman–Crippen MR) is 51.8 cm³/mol. The first-order chi connectivity index (χ1) is 6.29. The Hall–Kier alpha value is -1.36. The number of halogens is 1. The van der Waals surface area contributed by atoms with Crippen LogP contribution in [0.25, 0.3) is 11.3 Å². The second-order valence-corrected chi connectivity index (χ2v) is 3.20. The SMILES string of the molecule is Nc1cnoc1-c1cccnc1Br. The van der Waals surface area contributed by atoms with Crippen LogP contribution in [0.5, 0.6) is 0 Å². The molecule has 4 nitrogen and oxygen atoms in total. The Morgan fingerprint density at radius 2 is 2.31 bits per heavy atom. The number of rotatable bonds is 1. The molecule has 0 spiro atoms. The summed E-state index contributed by atoms with van der Waals surface area (Å²) < 4.78 is 5.68. The van der Waals surface area contributed by atoms with Gasteiger partial charge in [0.15, 0.2) is 5.76 Å². The molecule has 0 fully saturated rings. The molecule has 0 bridgehead atoms. The van der Waals surface area contributed by atoms with Gasteiger partial charge in [-0.25, -0.2) is 4.98 Å². The normalized spacial score (nSPS) is 10.2. The molecular weight excluding hydrogens is 234 g/mol. The third-order valence-corrected chi connectivity index (χ3v) is 2.23. The van der Waals surface area contributed by atoms with Crippen LogP contribution in [0.2, 0.25) is 0 Å². The van der Waals surface area contributed by atoms with Crippen LogP contribution in [0.1, 0.15) is 0 Å². The van der Waals surface area contributed by atoms with Gasteiger partial charge in [-0.2, -0.15) is 0 Å². The van der Waals surface area contributed by atoms with Crippen LogP contribution >= 0.6 is 15.9 Å². The Balaban J connectivity index is 2.59. The van der Waals surface area contributed by atoms with E-state index in [4.69, 9.17) is 10.3 Å². The van der Waals surface area contributed by atoms with Crippen LogP contribution in [0.4, 0.5) is 5.69 Å². The minimum atomic E-state index is 0.508.